The third kappa shape index (κ3) is 4.59. The first kappa shape index (κ1) is 15.5. The Kier molecular flexibility index (Phi) is 5.37. The van der Waals surface area contributed by atoms with Gasteiger partial charge >= 0.3 is 0 Å². The summed E-state index contributed by atoms with van der Waals surface area (Å²) in [5.41, 5.74) is 0.510. The minimum absolute atomic E-state index is 0.199. The molecular formula is C16H12Cl2O3. The highest BCUT2D eigenvalue weighted by molar-refractivity contribution is 6.35. The zero-order valence-corrected chi connectivity index (χ0v) is 12.5. The molecule has 0 bridgehead atoms. The van der Waals surface area contributed by atoms with E-state index in [9.17, 15) is 9.59 Å². The maximum absolute atomic E-state index is 11.9. The van der Waals surface area contributed by atoms with Crippen molar-refractivity contribution in [2.75, 3.05) is 6.61 Å². The van der Waals surface area contributed by atoms with Crippen molar-refractivity contribution in [1.29, 1.82) is 0 Å². The number of carbonyl (C=O) groups excluding carboxylic acids is 2. The highest BCUT2D eigenvalue weighted by atomic mass is 35.5. The predicted octanol–water partition coefficient (Wildman–Crippen LogP) is 4.21. The van der Waals surface area contributed by atoms with E-state index in [0.29, 0.717) is 21.4 Å². The molecule has 3 nitrogen and oxygen atoms in total. The molecule has 0 spiro atoms. The molecule has 0 saturated heterocycles. The average molecular weight is 323 g/mol. The molecule has 2 rings (SSSR count). The summed E-state index contributed by atoms with van der Waals surface area (Å²) < 4.78 is 5.30. The zero-order valence-electron chi connectivity index (χ0n) is 11.0. The molecule has 0 atom stereocenters. The number of Topliss-reactive ketones (excluding diaryl/α,β-unsaturated/α-hetero) is 2. The molecule has 0 heterocycles. The number of ether oxygens (including phenoxy) is 1. The summed E-state index contributed by atoms with van der Waals surface area (Å²) in [4.78, 5) is 23.6. The first-order valence-electron chi connectivity index (χ1n) is 6.24. The van der Waals surface area contributed by atoms with Gasteiger partial charge in [0.05, 0.1) is 11.4 Å². The summed E-state index contributed by atoms with van der Waals surface area (Å²) in [6.45, 7) is -0.208. The molecule has 0 aliphatic rings. The molecular weight excluding hydrogens is 311 g/mol. The molecule has 0 fully saturated rings. The Morgan fingerprint density at radius 3 is 2.38 bits per heavy atom. The Bertz CT molecular complexity index is 654. The highest BCUT2D eigenvalue weighted by Crippen LogP contribution is 2.27. The molecule has 5 heteroatoms. The van der Waals surface area contributed by atoms with Crippen LogP contribution in [-0.4, -0.2) is 18.2 Å². The molecule has 0 unspecified atom stereocenters. The van der Waals surface area contributed by atoms with E-state index in [1.165, 1.54) is 6.07 Å². The second-order valence-corrected chi connectivity index (χ2v) is 5.21. The number of ketones is 2. The lowest BCUT2D eigenvalue weighted by Gasteiger charge is -2.07. The minimum Gasteiger partial charge on any atom is -0.484 e. The van der Waals surface area contributed by atoms with Crippen LogP contribution in [0.5, 0.6) is 5.75 Å². The van der Waals surface area contributed by atoms with E-state index in [0.717, 1.165) is 0 Å². The molecule has 0 aliphatic carbocycles. The lowest BCUT2D eigenvalue weighted by atomic mass is 10.1. The maximum atomic E-state index is 11.9. The van der Waals surface area contributed by atoms with Gasteiger partial charge in [0.1, 0.15) is 12.4 Å². The molecule has 0 radical (unpaired) electrons. The SMILES string of the molecule is O=C(COc1ccc(Cl)cc1Cl)CC(=O)c1ccccc1. The zero-order chi connectivity index (χ0) is 15.2. The molecule has 2 aromatic rings. The predicted molar refractivity (Wildman–Crippen MR) is 82.4 cm³/mol. The lowest BCUT2D eigenvalue weighted by Crippen LogP contribution is -2.16. The lowest BCUT2D eigenvalue weighted by molar-refractivity contribution is -0.120. The van der Waals surface area contributed by atoms with Gasteiger partial charge in [-0.15, -0.1) is 0 Å². The van der Waals surface area contributed by atoms with Gasteiger partial charge in [0.25, 0.3) is 0 Å². The molecule has 0 aliphatic heterocycles. The smallest absolute Gasteiger partial charge is 0.177 e. The van der Waals surface area contributed by atoms with Crippen LogP contribution in [0.1, 0.15) is 16.8 Å². The Morgan fingerprint density at radius 2 is 1.71 bits per heavy atom. The molecule has 21 heavy (non-hydrogen) atoms. The van der Waals surface area contributed by atoms with Crippen molar-refractivity contribution < 1.29 is 14.3 Å². The highest BCUT2D eigenvalue weighted by Gasteiger charge is 2.13. The van der Waals surface area contributed by atoms with E-state index in [-0.39, 0.29) is 24.6 Å². The fourth-order valence-electron chi connectivity index (χ4n) is 1.71. The van der Waals surface area contributed by atoms with E-state index >= 15 is 0 Å². The molecule has 108 valence electrons. The van der Waals surface area contributed by atoms with Crippen LogP contribution in [-0.2, 0) is 4.79 Å². The van der Waals surface area contributed by atoms with E-state index in [1.807, 2.05) is 6.07 Å². The van der Waals surface area contributed by atoms with Gasteiger partial charge in [0, 0.05) is 10.6 Å². The Morgan fingerprint density at radius 1 is 1.00 bits per heavy atom. The van der Waals surface area contributed by atoms with Crippen LogP contribution in [0.4, 0.5) is 0 Å². The second-order valence-electron chi connectivity index (χ2n) is 4.37. The number of halogens is 2. The van der Waals surface area contributed by atoms with Gasteiger partial charge in [0.15, 0.2) is 11.6 Å². The van der Waals surface area contributed by atoms with Gasteiger partial charge in [0.2, 0.25) is 0 Å². The number of benzene rings is 2. The number of hydrogen-bond acceptors (Lipinski definition) is 3. The van der Waals surface area contributed by atoms with Gasteiger partial charge < -0.3 is 4.74 Å². The largest absolute Gasteiger partial charge is 0.484 e. The molecule has 0 amide bonds. The van der Waals surface area contributed by atoms with Crippen LogP contribution >= 0.6 is 23.2 Å². The maximum Gasteiger partial charge on any atom is 0.177 e. The van der Waals surface area contributed by atoms with Crippen LogP contribution in [0.2, 0.25) is 10.0 Å². The monoisotopic (exact) mass is 322 g/mol. The van der Waals surface area contributed by atoms with Crippen molar-refractivity contribution in [3.05, 3.63) is 64.1 Å². The van der Waals surface area contributed by atoms with Crippen LogP contribution in [0.15, 0.2) is 48.5 Å². The van der Waals surface area contributed by atoms with Crippen LogP contribution in [0, 0.1) is 0 Å². The van der Waals surface area contributed by atoms with Gasteiger partial charge in [-0.05, 0) is 18.2 Å². The van der Waals surface area contributed by atoms with Crippen molar-refractivity contribution in [2.24, 2.45) is 0 Å². The van der Waals surface area contributed by atoms with Crippen molar-refractivity contribution in [1.82, 2.24) is 0 Å². The molecule has 2 aromatic carbocycles. The summed E-state index contributed by atoms with van der Waals surface area (Å²) in [6, 6.07) is 13.4. The normalized spacial score (nSPS) is 10.2. The second kappa shape index (κ2) is 7.25. The summed E-state index contributed by atoms with van der Waals surface area (Å²) in [5.74, 6) is -0.178. The summed E-state index contributed by atoms with van der Waals surface area (Å²) in [7, 11) is 0. The van der Waals surface area contributed by atoms with Crippen molar-refractivity contribution >= 4 is 34.8 Å². The Hall–Kier alpha value is -1.84. The van der Waals surface area contributed by atoms with Crippen LogP contribution in [0.25, 0.3) is 0 Å². The quantitative estimate of drug-likeness (QED) is 0.591. The van der Waals surface area contributed by atoms with Gasteiger partial charge in [-0.25, -0.2) is 0 Å². The van der Waals surface area contributed by atoms with Gasteiger partial charge in [-0.2, -0.15) is 0 Å². The average Bonchev–Trinajstić information content (AvgIpc) is 2.47. The fourth-order valence-corrected chi connectivity index (χ4v) is 2.17. The van der Waals surface area contributed by atoms with Gasteiger partial charge in [-0.3, -0.25) is 9.59 Å². The molecule has 0 N–H and O–H groups in total. The fraction of sp³-hybridized carbons (Fsp3) is 0.125. The minimum atomic E-state index is -0.310. The number of rotatable bonds is 6. The standard InChI is InChI=1S/C16H12Cl2O3/c17-12-6-7-16(14(18)8-12)21-10-13(19)9-15(20)11-4-2-1-3-5-11/h1-8H,9-10H2. The van der Waals surface area contributed by atoms with E-state index < -0.39 is 0 Å². The van der Waals surface area contributed by atoms with Crippen molar-refractivity contribution in [3.8, 4) is 5.75 Å². The summed E-state index contributed by atoms with van der Waals surface area (Å²) in [5, 5.41) is 0.808. The van der Waals surface area contributed by atoms with Crippen LogP contribution < -0.4 is 4.74 Å². The van der Waals surface area contributed by atoms with E-state index in [2.05, 4.69) is 0 Å². The van der Waals surface area contributed by atoms with Crippen LogP contribution in [0.3, 0.4) is 0 Å². The first-order valence-corrected chi connectivity index (χ1v) is 6.99. The first-order chi connectivity index (χ1) is 10.1. The van der Waals surface area contributed by atoms with Crippen molar-refractivity contribution in [2.45, 2.75) is 6.42 Å². The van der Waals surface area contributed by atoms with E-state index in [1.54, 1.807) is 36.4 Å². The van der Waals surface area contributed by atoms with E-state index in [4.69, 9.17) is 27.9 Å². The third-order valence-corrected chi connectivity index (χ3v) is 3.27. The number of hydrogen-bond donors (Lipinski definition) is 0. The number of carbonyl (C=O) groups is 2. The summed E-state index contributed by atoms with van der Waals surface area (Å²) in [6.07, 6.45) is -0.199. The van der Waals surface area contributed by atoms with Crippen molar-refractivity contribution in [3.63, 3.8) is 0 Å². The molecule has 0 aromatic heterocycles. The Labute approximate surface area is 132 Å². The third-order valence-electron chi connectivity index (χ3n) is 2.74. The summed E-state index contributed by atoms with van der Waals surface area (Å²) >= 11 is 11.7. The topological polar surface area (TPSA) is 43.4 Å². The van der Waals surface area contributed by atoms with Gasteiger partial charge in [-0.1, -0.05) is 53.5 Å². The molecule has 0 saturated carbocycles. The Balaban J connectivity index is 1.89.